The molecule has 6 amide bonds. The summed E-state index contributed by atoms with van der Waals surface area (Å²) in [5.41, 5.74) is 18.9. The Balaban J connectivity index is 1.85. The number of nitrogens with one attached hydrogen (secondary N) is 7. The van der Waals surface area contributed by atoms with Crippen LogP contribution in [-0.4, -0.2) is 101 Å². The Labute approximate surface area is 351 Å². The highest BCUT2D eigenvalue weighted by atomic mass is 16.2. The van der Waals surface area contributed by atoms with Crippen molar-refractivity contribution in [2.75, 3.05) is 13.6 Å². The number of nitrogens with two attached hydrogens (primary N) is 3. The van der Waals surface area contributed by atoms with Crippen LogP contribution in [0.4, 0.5) is 0 Å². The first-order valence-corrected chi connectivity index (χ1v) is 20.2. The monoisotopic (exact) mass is 830 g/mol. The van der Waals surface area contributed by atoms with Crippen LogP contribution in [0.25, 0.3) is 0 Å². The lowest BCUT2D eigenvalue weighted by Crippen LogP contribution is -2.60. The Hall–Kier alpha value is -6.30. The molecule has 1 aromatic heterocycles. The van der Waals surface area contributed by atoms with Crippen LogP contribution in [0.15, 0.2) is 78.2 Å². The van der Waals surface area contributed by atoms with Gasteiger partial charge < -0.3 is 54.1 Å². The van der Waals surface area contributed by atoms with Crippen molar-refractivity contribution in [1.29, 1.82) is 0 Å². The summed E-state index contributed by atoms with van der Waals surface area (Å²) < 4.78 is 0. The SMILES string of the molecule is CN[C@@H](Cc1cnc[nH]1)C(=O)N[C@H](C(=O)N[C@@H](Cc1ccccc1)C(=O)N[C@@H](CC(C)C)C(=O)N[C@@H](CCCN=C(N)N)C(=O)N[C@@H](Cc1ccccc1)C(N)=O)C(C)C. The van der Waals surface area contributed by atoms with E-state index >= 15 is 0 Å². The van der Waals surface area contributed by atoms with Gasteiger partial charge in [0.25, 0.3) is 0 Å². The topological polar surface area (TPSA) is 294 Å². The maximum absolute atomic E-state index is 14.2. The fourth-order valence-electron chi connectivity index (χ4n) is 6.42. The predicted molar refractivity (Wildman–Crippen MR) is 228 cm³/mol. The zero-order chi connectivity index (χ0) is 44.2. The van der Waals surface area contributed by atoms with E-state index in [2.05, 4.69) is 46.9 Å². The minimum Gasteiger partial charge on any atom is -0.370 e. The largest absolute Gasteiger partial charge is 0.370 e. The Morgan fingerprint density at radius 3 is 1.68 bits per heavy atom. The van der Waals surface area contributed by atoms with Crippen LogP contribution >= 0.6 is 0 Å². The molecule has 0 aliphatic rings. The van der Waals surface area contributed by atoms with E-state index < -0.39 is 71.7 Å². The highest BCUT2D eigenvalue weighted by Gasteiger charge is 2.34. The standard InChI is InChI=1S/C42H62N12O6/c1-25(2)19-33(39(58)50-30(17-12-18-48-42(44)45)37(56)51-31(36(43)55)20-27-13-8-6-9-14-27)52-40(59)34(21-28-15-10-7-11-16-28)53-41(60)35(26(3)4)54-38(57)32(46-5)22-29-23-47-24-49-29/h6-11,13-16,23-26,30-35,46H,12,17-22H2,1-5H3,(H2,43,55)(H,47,49)(H,50,58)(H,51,56)(H,52,59)(H,53,60)(H,54,57)(H4,44,45,48)/t30-,31-,32-,33-,34-,35-/m0/s1. The van der Waals surface area contributed by atoms with Crippen molar-refractivity contribution < 1.29 is 28.8 Å². The molecule has 0 bridgehead atoms. The van der Waals surface area contributed by atoms with Gasteiger partial charge in [-0.2, -0.15) is 0 Å². The van der Waals surface area contributed by atoms with Crippen molar-refractivity contribution in [3.8, 4) is 0 Å². The number of H-pyrrole nitrogens is 1. The van der Waals surface area contributed by atoms with E-state index in [0.29, 0.717) is 6.42 Å². The molecule has 6 atom stereocenters. The van der Waals surface area contributed by atoms with Crippen LogP contribution in [0.5, 0.6) is 0 Å². The van der Waals surface area contributed by atoms with Gasteiger partial charge in [-0.15, -0.1) is 0 Å². The highest BCUT2D eigenvalue weighted by Crippen LogP contribution is 2.12. The summed E-state index contributed by atoms with van der Waals surface area (Å²) in [5, 5.41) is 16.9. The van der Waals surface area contributed by atoms with Crippen molar-refractivity contribution >= 4 is 41.4 Å². The molecule has 0 unspecified atom stereocenters. The molecule has 60 heavy (non-hydrogen) atoms. The van der Waals surface area contributed by atoms with Crippen molar-refractivity contribution in [3.05, 3.63) is 90.0 Å². The number of imidazole rings is 1. The minimum atomic E-state index is -1.17. The number of carbonyl (C=O) groups excluding carboxylic acids is 6. The van der Waals surface area contributed by atoms with Crippen molar-refractivity contribution in [1.82, 2.24) is 41.9 Å². The number of carbonyl (C=O) groups is 6. The summed E-state index contributed by atoms with van der Waals surface area (Å²) in [6.07, 6.45) is 4.16. The lowest BCUT2D eigenvalue weighted by Gasteiger charge is -2.29. The third-order valence-electron chi connectivity index (χ3n) is 9.67. The van der Waals surface area contributed by atoms with E-state index in [4.69, 9.17) is 17.2 Å². The number of nitrogens with zero attached hydrogens (tertiary/aromatic N) is 2. The van der Waals surface area contributed by atoms with Crippen LogP contribution in [0.3, 0.4) is 0 Å². The predicted octanol–water partition coefficient (Wildman–Crippen LogP) is -0.309. The Morgan fingerprint density at radius 1 is 0.650 bits per heavy atom. The molecule has 18 nitrogen and oxygen atoms in total. The van der Waals surface area contributed by atoms with Gasteiger partial charge in [-0.3, -0.25) is 33.8 Å². The molecule has 0 saturated heterocycles. The molecule has 18 heteroatoms. The smallest absolute Gasteiger partial charge is 0.243 e. The van der Waals surface area contributed by atoms with Crippen LogP contribution in [0, 0.1) is 11.8 Å². The molecule has 13 N–H and O–H groups in total. The van der Waals surface area contributed by atoms with E-state index in [1.165, 1.54) is 6.33 Å². The van der Waals surface area contributed by atoms with Gasteiger partial charge in [0.1, 0.15) is 30.2 Å². The van der Waals surface area contributed by atoms with E-state index in [-0.39, 0.29) is 56.4 Å². The molecule has 2 aromatic carbocycles. The molecular formula is C42H62N12O6. The normalized spacial score (nSPS) is 14.1. The lowest BCUT2D eigenvalue weighted by atomic mass is 9.98. The van der Waals surface area contributed by atoms with Gasteiger partial charge in [-0.1, -0.05) is 88.4 Å². The summed E-state index contributed by atoms with van der Waals surface area (Å²) in [7, 11) is 1.64. The average molecular weight is 831 g/mol. The molecule has 0 radical (unpaired) electrons. The van der Waals surface area contributed by atoms with Gasteiger partial charge in [0, 0.05) is 37.7 Å². The van der Waals surface area contributed by atoms with Gasteiger partial charge in [-0.05, 0) is 49.3 Å². The number of hydrogen-bond acceptors (Lipinski definition) is 9. The lowest BCUT2D eigenvalue weighted by molar-refractivity contribution is -0.135. The summed E-state index contributed by atoms with van der Waals surface area (Å²) >= 11 is 0. The summed E-state index contributed by atoms with van der Waals surface area (Å²) in [5.74, 6) is -4.34. The molecule has 0 aliphatic carbocycles. The second-order valence-corrected chi connectivity index (χ2v) is 15.5. The second kappa shape index (κ2) is 24.6. The molecule has 0 spiro atoms. The molecule has 0 fully saturated rings. The number of primary amides is 1. The third kappa shape index (κ3) is 16.5. The number of guanidine groups is 1. The molecule has 0 aliphatic heterocycles. The summed E-state index contributed by atoms with van der Waals surface area (Å²) in [4.78, 5) is 92.8. The first kappa shape index (κ1) is 48.1. The summed E-state index contributed by atoms with van der Waals surface area (Å²) in [6, 6.07) is 11.8. The van der Waals surface area contributed by atoms with Crippen LogP contribution in [0.1, 0.15) is 63.8 Å². The zero-order valence-electron chi connectivity index (χ0n) is 35.1. The van der Waals surface area contributed by atoms with E-state index in [1.807, 2.05) is 38.1 Å². The van der Waals surface area contributed by atoms with Gasteiger partial charge in [-0.25, -0.2) is 4.98 Å². The fraction of sp³-hybridized carbons (Fsp3) is 0.476. The third-order valence-corrected chi connectivity index (χ3v) is 9.67. The van der Waals surface area contributed by atoms with Crippen LogP contribution in [-0.2, 0) is 48.0 Å². The number of rotatable bonds is 25. The number of benzene rings is 2. The number of aliphatic imine (C=N–C) groups is 1. The Morgan fingerprint density at radius 2 is 1.17 bits per heavy atom. The average Bonchev–Trinajstić information content (AvgIpc) is 3.72. The van der Waals surface area contributed by atoms with Crippen molar-refractivity contribution in [2.45, 2.75) is 102 Å². The first-order chi connectivity index (χ1) is 28.6. The van der Waals surface area contributed by atoms with Gasteiger partial charge >= 0.3 is 0 Å². The Kier molecular flexibility index (Phi) is 19.7. The number of amides is 6. The maximum atomic E-state index is 14.2. The number of hydrogen-bond donors (Lipinski definition) is 10. The summed E-state index contributed by atoms with van der Waals surface area (Å²) in [6.45, 7) is 7.46. The molecule has 0 saturated carbocycles. The van der Waals surface area contributed by atoms with Crippen molar-refractivity contribution in [2.24, 2.45) is 34.0 Å². The Bertz CT molecular complexity index is 1850. The highest BCUT2D eigenvalue weighted by molar-refractivity contribution is 5.96. The maximum Gasteiger partial charge on any atom is 0.243 e. The number of aromatic amines is 1. The van der Waals surface area contributed by atoms with Crippen molar-refractivity contribution in [3.63, 3.8) is 0 Å². The van der Waals surface area contributed by atoms with E-state index in [0.717, 1.165) is 16.8 Å². The molecule has 326 valence electrons. The number of likely N-dealkylation sites (N-methyl/N-ethyl adjacent to an activating group) is 1. The zero-order valence-corrected chi connectivity index (χ0v) is 35.1. The quantitative estimate of drug-likeness (QED) is 0.0302. The van der Waals surface area contributed by atoms with Gasteiger partial charge in [0.05, 0.1) is 12.4 Å². The van der Waals surface area contributed by atoms with Gasteiger partial charge in [0.2, 0.25) is 35.4 Å². The number of aromatic nitrogens is 2. The minimum absolute atomic E-state index is 0.0674. The first-order valence-electron chi connectivity index (χ1n) is 20.2. The molecule has 1 heterocycles. The fourth-order valence-corrected chi connectivity index (χ4v) is 6.42. The van der Waals surface area contributed by atoms with Crippen LogP contribution < -0.4 is 49.1 Å². The second-order valence-electron chi connectivity index (χ2n) is 15.5. The van der Waals surface area contributed by atoms with E-state index in [1.54, 1.807) is 63.5 Å². The van der Waals surface area contributed by atoms with E-state index in [9.17, 15) is 28.8 Å². The van der Waals surface area contributed by atoms with Crippen LogP contribution in [0.2, 0.25) is 0 Å². The molecular weight excluding hydrogens is 769 g/mol. The molecule has 3 aromatic rings. The molecule has 3 rings (SSSR count). The van der Waals surface area contributed by atoms with Gasteiger partial charge in [0.15, 0.2) is 5.96 Å².